The minimum Gasteiger partial charge on any atom is -0.446 e. The Kier molecular flexibility index (Phi) is 4.23. The molecule has 4 nitrogen and oxygen atoms in total. The number of benzene rings is 1. The van der Waals surface area contributed by atoms with Gasteiger partial charge in [-0.1, -0.05) is 17.7 Å². The number of piperidine rings is 1. The monoisotopic (exact) mass is 254 g/mol. The second-order valence-electron chi connectivity index (χ2n) is 3.99. The van der Waals surface area contributed by atoms with Crippen LogP contribution in [0.15, 0.2) is 24.3 Å². The van der Waals surface area contributed by atoms with E-state index in [9.17, 15) is 4.79 Å². The van der Waals surface area contributed by atoms with E-state index in [-0.39, 0.29) is 6.10 Å². The molecule has 0 radical (unpaired) electrons. The Bertz CT molecular complexity index is 392. The van der Waals surface area contributed by atoms with Crippen LogP contribution in [0.1, 0.15) is 12.8 Å². The molecule has 2 N–H and O–H groups in total. The molecule has 0 saturated carbocycles. The molecule has 0 unspecified atom stereocenters. The van der Waals surface area contributed by atoms with Gasteiger partial charge in [0.15, 0.2) is 0 Å². The van der Waals surface area contributed by atoms with Gasteiger partial charge in [0.05, 0.1) is 0 Å². The Morgan fingerprint density at radius 1 is 1.41 bits per heavy atom. The average Bonchev–Trinajstić information content (AvgIpc) is 2.30. The third-order valence-corrected chi connectivity index (χ3v) is 2.87. The molecule has 1 saturated heterocycles. The smallest absolute Gasteiger partial charge is 0.411 e. The van der Waals surface area contributed by atoms with E-state index in [0.717, 1.165) is 25.9 Å². The summed E-state index contributed by atoms with van der Waals surface area (Å²) in [6.45, 7) is 1.80. The first-order chi connectivity index (χ1) is 8.24. The lowest BCUT2D eigenvalue weighted by atomic mass is 10.1. The first-order valence-electron chi connectivity index (χ1n) is 5.68. The molecule has 0 aliphatic carbocycles. The van der Waals surface area contributed by atoms with Crippen molar-refractivity contribution in [3.05, 3.63) is 29.3 Å². The lowest BCUT2D eigenvalue weighted by Gasteiger charge is -2.22. The summed E-state index contributed by atoms with van der Waals surface area (Å²) in [6, 6.07) is 6.99. The molecular weight excluding hydrogens is 240 g/mol. The highest BCUT2D eigenvalue weighted by Crippen LogP contribution is 2.16. The number of carbonyl (C=O) groups is 1. The van der Waals surface area contributed by atoms with Gasteiger partial charge in [-0.05, 0) is 44.1 Å². The largest absolute Gasteiger partial charge is 0.446 e. The molecule has 1 aromatic carbocycles. The Morgan fingerprint density at radius 3 is 2.88 bits per heavy atom. The fourth-order valence-electron chi connectivity index (χ4n) is 1.78. The van der Waals surface area contributed by atoms with Crippen LogP contribution < -0.4 is 10.6 Å². The average molecular weight is 255 g/mol. The molecule has 1 aliphatic heterocycles. The van der Waals surface area contributed by atoms with Crippen LogP contribution in [0, 0.1) is 0 Å². The van der Waals surface area contributed by atoms with Crippen molar-refractivity contribution in [3.8, 4) is 0 Å². The van der Waals surface area contributed by atoms with Gasteiger partial charge in [0.2, 0.25) is 0 Å². The van der Waals surface area contributed by atoms with Gasteiger partial charge >= 0.3 is 6.09 Å². The van der Waals surface area contributed by atoms with Gasteiger partial charge in [-0.15, -0.1) is 0 Å². The summed E-state index contributed by atoms with van der Waals surface area (Å²) in [5.74, 6) is 0. The third kappa shape index (κ3) is 3.91. The van der Waals surface area contributed by atoms with E-state index in [1.54, 1.807) is 24.3 Å². The number of hydrogen-bond acceptors (Lipinski definition) is 3. The Labute approximate surface area is 105 Å². The molecule has 5 heteroatoms. The SMILES string of the molecule is O=C(Nc1cccc(Cl)c1)OC1CCNCC1. The highest BCUT2D eigenvalue weighted by atomic mass is 35.5. The van der Waals surface area contributed by atoms with E-state index in [1.807, 2.05) is 0 Å². The van der Waals surface area contributed by atoms with Crippen molar-refractivity contribution < 1.29 is 9.53 Å². The van der Waals surface area contributed by atoms with Crippen molar-refractivity contribution in [2.45, 2.75) is 18.9 Å². The maximum atomic E-state index is 11.6. The number of ether oxygens (including phenoxy) is 1. The van der Waals surface area contributed by atoms with Crippen LogP contribution in [-0.4, -0.2) is 25.3 Å². The maximum Gasteiger partial charge on any atom is 0.411 e. The zero-order valence-corrected chi connectivity index (χ0v) is 10.2. The summed E-state index contributed by atoms with van der Waals surface area (Å²) >= 11 is 5.82. The molecule has 0 spiro atoms. The molecule has 17 heavy (non-hydrogen) atoms. The van der Waals surface area contributed by atoms with Crippen LogP contribution in [0.5, 0.6) is 0 Å². The van der Waals surface area contributed by atoms with Crippen molar-refractivity contribution in [2.24, 2.45) is 0 Å². The molecule has 0 atom stereocenters. The van der Waals surface area contributed by atoms with E-state index >= 15 is 0 Å². The molecule has 92 valence electrons. The summed E-state index contributed by atoms with van der Waals surface area (Å²) in [5, 5.41) is 6.47. The van der Waals surface area contributed by atoms with Crippen LogP contribution in [0.25, 0.3) is 0 Å². The summed E-state index contributed by atoms with van der Waals surface area (Å²) in [7, 11) is 0. The van der Waals surface area contributed by atoms with Crippen LogP contribution in [0.2, 0.25) is 5.02 Å². The summed E-state index contributed by atoms with van der Waals surface area (Å²) in [5.41, 5.74) is 0.649. The zero-order chi connectivity index (χ0) is 12.1. The van der Waals surface area contributed by atoms with Crippen LogP contribution in [-0.2, 0) is 4.74 Å². The highest BCUT2D eigenvalue weighted by Gasteiger charge is 2.17. The molecule has 0 bridgehead atoms. The van der Waals surface area contributed by atoms with Crippen molar-refractivity contribution in [3.63, 3.8) is 0 Å². The standard InChI is InChI=1S/C12H15ClN2O2/c13-9-2-1-3-10(8-9)15-12(16)17-11-4-6-14-7-5-11/h1-3,8,11,14H,4-7H2,(H,15,16). The van der Waals surface area contributed by atoms with E-state index in [2.05, 4.69) is 10.6 Å². The van der Waals surface area contributed by atoms with Crippen molar-refractivity contribution >= 4 is 23.4 Å². The van der Waals surface area contributed by atoms with Gasteiger partial charge in [-0.25, -0.2) is 4.79 Å². The van der Waals surface area contributed by atoms with Gasteiger partial charge in [0.1, 0.15) is 6.10 Å². The third-order valence-electron chi connectivity index (χ3n) is 2.63. The number of rotatable bonds is 2. The molecule has 1 aliphatic rings. The molecule has 1 aromatic rings. The number of hydrogen-bond donors (Lipinski definition) is 2. The van der Waals surface area contributed by atoms with E-state index < -0.39 is 6.09 Å². The first-order valence-corrected chi connectivity index (χ1v) is 6.06. The van der Waals surface area contributed by atoms with Crippen molar-refractivity contribution in [2.75, 3.05) is 18.4 Å². The van der Waals surface area contributed by atoms with Crippen LogP contribution in [0.4, 0.5) is 10.5 Å². The first kappa shape index (κ1) is 12.2. The fraction of sp³-hybridized carbons (Fsp3) is 0.417. The highest BCUT2D eigenvalue weighted by molar-refractivity contribution is 6.30. The second-order valence-corrected chi connectivity index (χ2v) is 4.43. The Hall–Kier alpha value is -1.26. The molecule has 1 heterocycles. The topological polar surface area (TPSA) is 50.4 Å². The van der Waals surface area contributed by atoms with Crippen LogP contribution in [0.3, 0.4) is 0 Å². The second kappa shape index (κ2) is 5.89. The normalized spacial score (nSPS) is 16.5. The number of nitrogens with one attached hydrogen (secondary N) is 2. The lowest BCUT2D eigenvalue weighted by molar-refractivity contribution is 0.0909. The predicted molar refractivity (Wildman–Crippen MR) is 67.4 cm³/mol. The quantitative estimate of drug-likeness (QED) is 0.853. The van der Waals surface area contributed by atoms with Gasteiger partial charge in [0, 0.05) is 10.7 Å². The van der Waals surface area contributed by atoms with Gasteiger partial charge in [-0.2, -0.15) is 0 Å². The number of amides is 1. The molecule has 0 aromatic heterocycles. The van der Waals surface area contributed by atoms with E-state index in [0.29, 0.717) is 10.7 Å². The molecule has 2 rings (SSSR count). The van der Waals surface area contributed by atoms with Gasteiger partial charge < -0.3 is 10.1 Å². The number of anilines is 1. The summed E-state index contributed by atoms with van der Waals surface area (Å²) in [4.78, 5) is 11.6. The van der Waals surface area contributed by atoms with Crippen molar-refractivity contribution in [1.82, 2.24) is 5.32 Å². The lowest BCUT2D eigenvalue weighted by Crippen LogP contribution is -2.34. The maximum absolute atomic E-state index is 11.6. The van der Waals surface area contributed by atoms with Crippen molar-refractivity contribution in [1.29, 1.82) is 0 Å². The number of carbonyl (C=O) groups excluding carboxylic acids is 1. The predicted octanol–water partition coefficient (Wildman–Crippen LogP) is 2.64. The molecular formula is C12H15ClN2O2. The van der Waals surface area contributed by atoms with Gasteiger partial charge in [-0.3, -0.25) is 5.32 Å². The van der Waals surface area contributed by atoms with Gasteiger partial charge in [0.25, 0.3) is 0 Å². The number of halogens is 1. The minimum atomic E-state index is -0.417. The Morgan fingerprint density at radius 2 is 2.18 bits per heavy atom. The molecule has 1 fully saturated rings. The minimum absolute atomic E-state index is 0.00966. The fourth-order valence-corrected chi connectivity index (χ4v) is 1.97. The van der Waals surface area contributed by atoms with E-state index in [4.69, 9.17) is 16.3 Å². The van der Waals surface area contributed by atoms with Crippen LogP contribution >= 0.6 is 11.6 Å². The molecule has 1 amide bonds. The zero-order valence-electron chi connectivity index (χ0n) is 9.41. The summed E-state index contributed by atoms with van der Waals surface area (Å²) in [6.07, 6.45) is 1.32. The Balaban J connectivity index is 1.84. The summed E-state index contributed by atoms with van der Waals surface area (Å²) < 4.78 is 5.30. The van der Waals surface area contributed by atoms with E-state index in [1.165, 1.54) is 0 Å².